The van der Waals surface area contributed by atoms with Gasteiger partial charge >= 0.3 is 0 Å². The molecule has 1 aromatic rings. The predicted molar refractivity (Wildman–Crippen MR) is 98.0 cm³/mol. The fourth-order valence-electron chi connectivity index (χ4n) is 3.66. The highest BCUT2D eigenvalue weighted by Crippen LogP contribution is 2.21. The maximum absolute atomic E-state index is 12.6. The molecule has 6 nitrogen and oxygen atoms in total. The van der Waals surface area contributed by atoms with Gasteiger partial charge < -0.3 is 19.3 Å². The molecule has 0 radical (unpaired) electrons. The highest BCUT2D eigenvalue weighted by Gasteiger charge is 2.30. The van der Waals surface area contributed by atoms with Gasteiger partial charge in [-0.15, -0.1) is 0 Å². The maximum Gasteiger partial charge on any atom is 0.225 e. The third-order valence-electron chi connectivity index (χ3n) is 5.28. The van der Waals surface area contributed by atoms with Crippen LogP contribution in [-0.4, -0.2) is 68.1 Å². The highest BCUT2D eigenvalue weighted by atomic mass is 16.5. The van der Waals surface area contributed by atoms with E-state index in [-0.39, 0.29) is 17.7 Å². The van der Waals surface area contributed by atoms with Gasteiger partial charge in [-0.2, -0.15) is 0 Å². The molecular weight excluding hydrogens is 332 g/mol. The minimum absolute atomic E-state index is 0.0514. The van der Waals surface area contributed by atoms with Gasteiger partial charge in [0.2, 0.25) is 11.8 Å². The second kappa shape index (κ2) is 9.03. The van der Waals surface area contributed by atoms with Crippen LogP contribution in [0.4, 0.5) is 0 Å². The number of aryl methyl sites for hydroxylation is 1. The second-order valence-electron chi connectivity index (χ2n) is 6.94. The van der Waals surface area contributed by atoms with Gasteiger partial charge in [-0.05, 0) is 37.0 Å². The maximum atomic E-state index is 12.6. The summed E-state index contributed by atoms with van der Waals surface area (Å²) in [6.45, 7) is 4.01. The van der Waals surface area contributed by atoms with Crippen molar-refractivity contribution in [1.29, 1.82) is 0 Å². The summed E-state index contributed by atoms with van der Waals surface area (Å²) >= 11 is 0. The minimum atomic E-state index is 0.0514. The molecule has 0 aromatic heterocycles. The van der Waals surface area contributed by atoms with Crippen LogP contribution >= 0.6 is 0 Å². The molecule has 26 heavy (non-hydrogen) atoms. The number of methoxy groups -OCH3 is 1. The summed E-state index contributed by atoms with van der Waals surface area (Å²) in [5, 5.41) is 0. The van der Waals surface area contributed by atoms with Gasteiger partial charge in [0.25, 0.3) is 0 Å². The van der Waals surface area contributed by atoms with Crippen molar-refractivity contribution in [2.75, 3.05) is 46.5 Å². The Bertz CT molecular complexity index is 620. The average molecular weight is 360 g/mol. The zero-order chi connectivity index (χ0) is 18.4. The van der Waals surface area contributed by atoms with Crippen LogP contribution in [0.25, 0.3) is 0 Å². The van der Waals surface area contributed by atoms with Crippen molar-refractivity contribution < 1.29 is 19.1 Å². The zero-order valence-electron chi connectivity index (χ0n) is 15.5. The van der Waals surface area contributed by atoms with Gasteiger partial charge in [-0.25, -0.2) is 0 Å². The van der Waals surface area contributed by atoms with E-state index in [2.05, 4.69) is 0 Å². The van der Waals surface area contributed by atoms with Crippen molar-refractivity contribution in [2.45, 2.75) is 25.7 Å². The molecule has 3 rings (SSSR count). The number of piperidine rings is 1. The molecule has 0 atom stereocenters. The molecule has 0 saturated carbocycles. The van der Waals surface area contributed by atoms with E-state index in [0.29, 0.717) is 52.2 Å². The smallest absolute Gasteiger partial charge is 0.225 e. The first-order chi connectivity index (χ1) is 12.7. The number of morpholine rings is 1. The van der Waals surface area contributed by atoms with Crippen LogP contribution in [0, 0.1) is 5.92 Å². The average Bonchev–Trinajstić information content (AvgIpc) is 2.72. The van der Waals surface area contributed by atoms with E-state index in [1.807, 2.05) is 34.1 Å². The number of nitrogens with zero attached hydrogens (tertiary/aromatic N) is 2. The Morgan fingerprint density at radius 1 is 1.12 bits per heavy atom. The van der Waals surface area contributed by atoms with Crippen molar-refractivity contribution in [3.8, 4) is 5.75 Å². The first-order valence-electron chi connectivity index (χ1n) is 9.44. The molecular formula is C20H28N2O4. The number of rotatable bonds is 5. The number of ether oxygens (including phenoxy) is 2. The molecule has 2 fully saturated rings. The monoisotopic (exact) mass is 360 g/mol. The Kier molecular flexibility index (Phi) is 6.50. The molecule has 6 heteroatoms. The van der Waals surface area contributed by atoms with Crippen molar-refractivity contribution in [1.82, 2.24) is 9.80 Å². The van der Waals surface area contributed by atoms with E-state index in [4.69, 9.17) is 9.47 Å². The molecule has 2 amide bonds. The van der Waals surface area contributed by atoms with E-state index >= 15 is 0 Å². The lowest BCUT2D eigenvalue weighted by molar-refractivity contribution is -0.143. The van der Waals surface area contributed by atoms with Crippen LogP contribution in [0.1, 0.15) is 24.8 Å². The molecule has 2 aliphatic rings. The Hall–Kier alpha value is -2.08. The third-order valence-corrected chi connectivity index (χ3v) is 5.28. The Morgan fingerprint density at radius 3 is 2.54 bits per heavy atom. The van der Waals surface area contributed by atoms with Crippen LogP contribution in [0.3, 0.4) is 0 Å². The Morgan fingerprint density at radius 2 is 1.85 bits per heavy atom. The number of benzene rings is 1. The summed E-state index contributed by atoms with van der Waals surface area (Å²) in [6.07, 6.45) is 2.74. The van der Waals surface area contributed by atoms with Gasteiger partial charge in [0.1, 0.15) is 5.75 Å². The van der Waals surface area contributed by atoms with Crippen LogP contribution in [0.5, 0.6) is 5.75 Å². The first-order valence-corrected chi connectivity index (χ1v) is 9.44. The molecule has 1 aromatic carbocycles. The number of carbonyl (C=O) groups is 2. The fourth-order valence-corrected chi connectivity index (χ4v) is 3.66. The Balaban J connectivity index is 1.43. The van der Waals surface area contributed by atoms with Crippen molar-refractivity contribution in [2.24, 2.45) is 5.92 Å². The van der Waals surface area contributed by atoms with Crippen molar-refractivity contribution >= 4 is 11.8 Å². The van der Waals surface area contributed by atoms with Crippen molar-refractivity contribution in [3.63, 3.8) is 0 Å². The highest BCUT2D eigenvalue weighted by molar-refractivity contribution is 5.80. The van der Waals surface area contributed by atoms with E-state index in [0.717, 1.165) is 24.2 Å². The molecule has 0 N–H and O–H groups in total. The Labute approximate surface area is 155 Å². The fraction of sp³-hybridized carbons (Fsp3) is 0.600. The molecule has 0 bridgehead atoms. The van der Waals surface area contributed by atoms with Crippen LogP contribution < -0.4 is 4.74 Å². The van der Waals surface area contributed by atoms with Gasteiger partial charge in [0, 0.05) is 38.5 Å². The number of likely N-dealkylation sites (tertiary alicyclic amines) is 1. The molecule has 0 spiro atoms. The number of hydrogen-bond donors (Lipinski definition) is 0. The van der Waals surface area contributed by atoms with E-state index in [1.165, 1.54) is 0 Å². The third kappa shape index (κ3) is 4.75. The normalized spacial score (nSPS) is 18.7. The summed E-state index contributed by atoms with van der Waals surface area (Å²) in [7, 11) is 1.65. The lowest BCUT2D eigenvalue weighted by Crippen LogP contribution is -2.47. The number of hydrogen-bond acceptors (Lipinski definition) is 4. The van der Waals surface area contributed by atoms with Crippen LogP contribution in [0.2, 0.25) is 0 Å². The van der Waals surface area contributed by atoms with Gasteiger partial charge in [0.15, 0.2) is 0 Å². The summed E-state index contributed by atoms with van der Waals surface area (Å²) < 4.78 is 10.5. The second-order valence-corrected chi connectivity index (χ2v) is 6.94. The SMILES string of the molecule is COc1cccc(CCC(=O)N2CCC(C(=O)N3CCOCC3)CC2)c1. The van der Waals surface area contributed by atoms with E-state index in [1.54, 1.807) is 7.11 Å². The zero-order valence-corrected chi connectivity index (χ0v) is 15.5. The number of amides is 2. The molecule has 2 saturated heterocycles. The topological polar surface area (TPSA) is 59.1 Å². The molecule has 142 valence electrons. The van der Waals surface area contributed by atoms with E-state index in [9.17, 15) is 9.59 Å². The molecule has 2 aliphatic heterocycles. The largest absolute Gasteiger partial charge is 0.497 e. The van der Waals surface area contributed by atoms with Gasteiger partial charge in [-0.3, -0.25) is 9.59 Å². The predicted octanol–water partition coefficient (Wildman–Crippen LogP) is 1.73. The number of carbonyl (C=O) groups excluding carboxylic acids is 2. The molecule has 2 heterocycles. The van der Waals surface area contributed by atoms with Crippen LogP contribution in [-0.2, 0) is 20.7 Å². The minimum Gasteiger partial charge on any atom is -0.497 e. The summed E-state index contributed by atoms with van der Waals surface area (Å²) in [5.41, 5.74) is 1.11. The quantitative estimate of drug-likeness (QED) is 0.802. The standard InChI is InChI=1S/C20H28N2O4/c1-25-18-4-2-3-16(15-18)5-6-19(23)21-9-7-17(8-10-21)20(24)22-11-13-26-14-12-22/h2-4,15,17H,5-14H2,1H3. The summed E-state index contributed by atoms with van der Waals surface area (Å²) in [4.78, 5) is 28.9. The summed E-state index contributed by atoms with van der Waals surface area (Å²) in [5.74, 6) is 1.27. The lowest BCUT2D eigenvalue weighted by Gasteiger charge is -2.35. The first kappa shape index (κ1) is 18.7. The van der Waals surface area contributed by atoms with E-state index < -0.39 is 0 Å². The van der Waals surface area contributed by atoms with Gasteiger partial charge in [0.05, 0.1) is 20.3 Å². The van der Waals surface area contributed by atoms with Gasteiger partial charge in [-0.1, -0.05) is 12.1 Å². The van der Waals surface area contributed by atoms with Crippen LogP contribution in [0.15, 0.2) is 24.3 Å². The lowest BCUT2D eigenvalue weighted by atomic mass is 9.94. The molecule has 0 unspecified atom stereocenters. The van der Waals surface area contributed by atoms with Crippen molar-refractivity contribution in [3.05, 3.63) is 29.8 Å². The molecule has 0 aliphatic carbocycles. The summed E-state index contributed by atoms with van der Waals surface area (Å²) in [6, 6.07) is 7.84.